The average Bonchev–Trinajstić information content (AvgIpc) is 2.05. The van der Waals surface area contributed by atoms with Crippen LogP contribution in [0.3, 0.4) is 0 Å². The van der Waals surface area contributed by atoms with Crippen molar-refractivity contribution in [1.29, 1.82) is 0 Å². The number of aromatic nitrogens is 1. The van der Waals surface area contributed by atoms with Gasteiger partial charge in [0.2, 0.25) is 10.0 Å². The zero-order valence-corrected chi connectivity index (χ0v) is 9.80. The Morgan fingerprint density at radius 1 is 1.33 bits per heavy atom. The van der Waals surface area contributed by atoms with Gasteiger partial charge < -0.3 is 5.32 Å². The summed E-state index contributed by atoms with van der Waals surface area (Å²) in [7, 11) is -3.25. The van der Waals surface area contributed by atoms with E-state index in [1.807, 2.05) is 13.8 Å². The molecule has 0 saturated heterocycles. The normalized spacial score (nSPS) is 11.5. The van der Waals surface area contributed by atoms with E-state index in [0.717, 1.165) is 11.9 Å². The van der Waals surface area contributed by atoms with E-state index in [9.17, 15) is 8.42 Å². The van der Waals surface area contributed by atoms with Crippen molar-refractivity contribution in [3.63, 3.8) is 0 Å². The maximum absolute atomic E-state index is 10.9. The fourth-order valence-corrected chi connectivity index (χ4v) is 1.56. The minimum absolute atomic E-state index is 0.320. The van der Waals surface area contributed by atoms with Crippen LogP contribution in [-0.4, -0.2) is 25.7 Å². The molecule has 0 radical (unpaired) electrons. The summed E-state index contributed by atoms with van der Waals surface area (Å²) in [6, 6.07) is 3.72. The van der Waals surface area contributed by atoms with Crippen molar-refractivity contribution in [1.82, 2.24) is 4.98 Å². The van der Waals surface area contributed by atoms with Crippen molar-refractivity contribution in [2.75, 3.05) is 16.3 Å². The van der Waals surface area contributed by atoms with Gasteiger partial charge in [0.15, 0.2) is 0 Å². The average molecular weight is 229 g/mol. The van der Waals surface area contributed by atoms with Gasteiger partial charge in [-0.2, -0.15) is 0 Å². The molecule has 15 heavy (non-hydrogen) atoms. The van der Waals surface area contributed by atoms with Gasteiger partial charge >= 0.3 is 0 Å². The smallest absolute Gasteiger partial charge is 0.230 e. The molecule has 0 bridgehead atoms. The van der Waals surface area contributed by atoms with Gasteiger partial charge in [-0.3, -0.25) is 4.72 Å². The van der Waals surface area contributed by atoms with Crippen molar-refractivity contribution in [2.45, 2.75) is 19.9 Å². The summed E-state index contributed by atoms with van der Waals surface area (Å²) in [5.74, 6) is 0.326. The minimum atomic E-state index is -3.25. The first-order valence-corrected chi connectivity index (χ1v) is 6.46. The maximum Gasteiger partial charge on any atom is 0.230 e. The van der Waals surface area contributed by atoms with Gasteiger partial charge in [0.05, 0.1) is 18.1 Å². The molecule has 0 fully saturated rings. The molecule has 0 amide bonds. The highest BCUT2D eigenvalue weighted by Gasteiger charge is 2.02. The Morgan fingerprint density at radius 2 is 2.00 bits per heavy atom. The van der Waals surface area contributed by atoms with Gasteiger partial charge in [-0.1, -0.05) is 0 Å². The van der Waals surface area contributed by atoms with Crippen molar-refractivity contribution < 1.29 is 8.42 Å². The molecule has 0 aliphatic heterocycles. The first-order valence-electron chi connectivity index (χ1n) is 4.57. The second kappa shape index (κ2) is 4.48. The molecule has 1 aromatic heterocycles. The standard InChI is InChI=1S/C9H15N3O2S/c1-7(2)11-8-4-5-9(10-6-8)12-15(3,13)14/h4-7,11H,1-3H3,(H,10,12). The molecule has 6 heteroatoms. The van der Waals surface area contributed by atoms with Crippen molar-refractivity contribution >= 4 is 21.5 Å². The van der Waals surface area contributed by atoms with E-state index in [-0.39, 0.29) is 0 Å². The number of hydrogen-bond acceptors (Lipinski definition) is 4. The molecular formula is C9H15N3O2S. The number of pyridine rings is 1. The zero-order chi connectivity index (χ0) is 11.5. The third-order valence-corrected chi connectivity index (χ3v) is 2.09. The molecule has 0 aliphatic rings. The largest absolute Gasteiger partial charge is 0.382 e. The number of nitrogens with zero attached hydrogens (tertiary/aromatic N) is 1. The Morgan fingerprint density at radius 3 is 2.40 bits per heavy atom. The van der Waals surface area contributed by atoms with Crippen LogP contribution in [0.4, 0.5) is 11.5 Å². The number of hydrogen-bond donors (Lipinski definition) is 2. The van der Waals surface area contributed by atoms with Crippen LogP contribution in [0.5, 0.6) is 0 Å². The van der Waals surface area contributed by atoms with Gasteiger partial charge in [0.25, 0.3) is 0 Å². The van der Waals surface area contributed by atoms with Crippen LogP contribution in [0, 0.1) is 0 Å². The van der Waals surface area contributed by atoms with Gasteiger partial charge in [-0.15, -0.1) is 0 Å². The molecule has 5 nitrogen and oxygen atoms in total. The van der Waals surface area contributed by atoms with Gasteiger partial charge in [0, 0.05) is 6.04 Å². The topological polar surface area (TPSA) is 71.1 Å². The molecule has 1 aromatic rings. The van der Waals surface area contributed by atoms with Crippen LogP contribution in [0.2, 0.25) is 0 Å². The van der Waals surface area contributed by atoms with Crippen LogP contribution in [0.15, 0.2) is 18.3 Å². The molecule has 0 aromatic carbocycles. The lowest BCUT2D eigenvalue weighted by atomic mass is 10.3. The molecule has 0 atom stereocenters. The first-order chi connectivity index (χ1) is 6.87. The molecule has 0 unspecified atom stereocenters. The van der Waals surface area contributed by atoms with E-state index in [4.69, 9.17) is 0 Å². The SMILES string of the molecule is CC(C)Nc1ccc(NS(C)(=O)=O)nc1. The fraction of sp³-hybridized carbons (Fsp3) is 0.444. The highest BCUT2D eigenvalue weighted by Crippen LogP contribution is 2.11. The molecule has 0 spiro atoms. The van der Waals surface area contributed by atoms with E-state index < -0.39 is 10.0 Å². The second-order valence-corrected chi connectivity index (χ2v) is 5.35. The van der Waals surface area contributed by atoms with Crippen LogP contribution in [-0.2, 0) is 10.0 Å². The zero-order valence-electron chi connectivity index (χ0n) is 8.98. The summed E-state index contributed by atoms with van der Waals surface area (Å²) in [6.45, 7) is 4.03. The summed E-state index contributed by atoms with van der Waals surface area (Å²) in [4.78, 5) is 3.96. The molecule has 0 aliphatic carbocycles. The molecule has 0 saturated carbocycles. The number of sulfonamides is 1. The predicted octanol–water partition coefficient (Wildman–Crippen LogP) is 1.27. The second-order valence-electron chi connectivity index (χ2n) is 3.61. The Bertz CT molecular complexity index is 411. The van der Waals surface area contributed by atoms with Crippen LogP contribution in [0.25, 0.3) is 0 Å². The van der Waals surface area contributed by atoms with E-state index in [0.29, 0.717) is 11.9 Å². The lowest BCUT2D eigenvalue weighted by Crippen LogP contribution is -2.12. The number of nitrogens with one attached hydrogen (secondary N) is 2. The summed E-state index contributed by atoms with van der Waals surface area (Å²) in [5.41, 5.74) is 0.865. The van der Waals surface area contributed by atoms with Gasteiger partial charge in [0.1, 0.15) is 5.82 Å². The lowest BCUT2D eigenvalue weighted by molar-refractivity contribution is 0.606. The number of rotatable bonds is 4. The third-order valence-electron chi connectivity index (χ3n) is 1.51. The molecular weight excluding hydrogens is 214 g/mol. The van der Waals surface area contributed by atoms with Crippen LogP contribution in [0.1, 0.15) is 13.8 Å². The molecule has 1 rings (SSSR count). The van der Waals surface area contributed by atoms with E-state index in [1.54, 1.807) is 18.3 Å². The monoisotopic (exact) mass is 229 g/mol. The Kier molecular flexibility index (Phi) is 3.52. The molecule has 2 N–H and O–H groups in total. The fourth-order valence-electron chi connectivity index (χ4n) is 1.06. The van der Waals surface area contributed by atoms with E-state index in [1.165, 1.54) is 0 Å². The predicted molar refractivity (Wildman–Crippen MR) is 61.5 cm³/mol. The molecule has 1 heterocycles. The van der Waals surface area contributed by atoms with Gasteiger partial charge in [-0.25, -0.2) is 13.4 Å². The summed E-state index contributed by atoms with van der Waals surface area (Å²) < 4.78 is 24.1. The van der Waals surface area contributed by atoms with Crippen LogP contribution >= 0.6 is 0 Å². The summed E-state index contributed by atoms with van der Waals surface area (Å²) in [5, 5.41) is 3.16. The Balaban J connectivity index is 2.73. The minimum Gasteiger partial charge on any atom is -0.382 e. The highest BCUT2D eigenvalue weighted by molar-refractivity contribution is 7.92. The van der Waals surface area contributed by atoms with Gasteiger partial charge in [-0.05, 0) is 26.0 Å². The van der Waals surface area contributed by atoms with E-state index >= 15 is 0 Å². The maximum atomic E-state index is 10.9. The first kappa shape index (κ1) is 11.8. The van der Waals surface area contributed by atoms with Crippen LogP contribution < -0.4 is 10.0 Å². The summed E-state index contributed by atoms with van der Waals surface area (Å²) >= 11 is 0. The number of anilines is 2. The third kappa shape index (κ3) is 4.64. The van der Waals surface area contributed by atoms with Crippen molar-refractivity contribution in [2.24, 2.45) is 0 Å². The quantitative estimate of drug-likeness (QED) is 0.815. The Hall–Kier alpha value is -1.30. The highest BCUT2D eigenvalue weighted by atomic mass is 32.2. The molecule has 84 valence electrons. The van der Waals surface area contributed by atoms with Crippen molar-refractivity contribution in [3.05, 3.63) is 18.3 Å². The Labute approximate surface area is 90.0 Å². The summed E-state index contributed by atoms with van der Waals surface area (Å²) in [6.07, 6.45) is 2.68. The van der Waals surface area contributed by atoms with E-state index in [2.05, 4.69) is 15.0 Å². The lowest BCUT2D eigenvalue weighted by Gasteiger charge is -2.09. The van der Waals surface area contributed by atoms with Crippen molar-refractivity contribution in [3.8, 4) is 0 Å².